The Labute approximate surface area is 120 Å². The third-order valence-electron chi connectivity index (χ3n) is 4.53. The van der Waals surface area contributed by atoms with Crippen molar-refractivity contribution >= 4 is 14.0 Å². The Morgan fingerprint density at radius 2 is 1.42 bits per heavy atom. The minimum atomic E-state index is -1.75. The molecule has 19 heavy (non-hydrogen) atoms. The van der Waals surface area contributed by atoms with Crippen LogP contribution < -0.4 is 0 Å². The van der Waals surface area contributed by atoms with Gasteiger partial charge in [0, 0.05) is 5.57 Å². The van der Waals surface area contributed by atoms with Gasteiger partial charge in [-0.25, -0.2) is 4.79 Å². The zero-order valence-corrected chi connectivity index (χ0v) is 15.0. The molecule has 0 aliphatic heterocycles. The summed E-state index contributed by atoms with van der Waals surface area (Å²) in [5.74, 6) is -0.231. The second kappa shape index (κ2) is 7.27. The lowest BCUT2D eigenvalue weighted by molar-refractivity contribution is -0.141. The molecule has 0 rings (SSSR count). The van der Waals surface area contributed by atoms with E-state index in [1.54, 1.807) is 6.92 Å². The first-order chi connectivity index (χ1) is 8.62. The Kier molecular flexibility index (Phi) is 7.05. The van der Waals surface area contributed by atoms with Gasteiger partial charge in [-0.3, -0.25) is 0 Å². The smallest absolute Gasteiger partial charge is 0.333 e. The lowest BCUT2D eigenvalue weighted by Crippen LogP contribution is -2.56. The summed E-state index contributed by atoms with van der Waals surface area (Å²) >= 11 is 0. The molecule has 0 amide bonds. The molecule has 0 aromatic heterocycles. The first kappa shape index (κ1) is 18.4. The van der Waals surface area contributed by atoms with E-state index < -0.39 is 8.07 Å². The molecule has 112 valence electrons. The lowest BCUT2D eigenvalue weighted by atomic mass is 10.4. The third kappa shape index (κ3) is 3.71. The van der Waals surface area contributed by atoms with Crippen LogP contribution in [-0.2, 0) is 9.53 Å². The summed E-state index contributed by atoms with van der Waals surface area (Å²) in [4.78, 5) is 11.9. The van der Waals surface area contributed by atoms with E-state index in [0.717, 1.165) is 6.42 Å². The van der Waals surface area contributed by atoms with Crippen molar-refractivity contribution in [3.8, 4) is 0 Å². The predicted molar refractivity (Wildman–Crippen MR) is 86.0 cm³/mol. The second-order valence-electron chi connectivity index (χ2n) is 6.55. The maximum atomic E-state index is 11.9. The molecule has 0 heterocycles. The summed E-state index contributed by atoms with van der Waals surface area (Å²) in [6.07, 6.45) is 0.903. The standard InChI is InChI=1S/C16H32O2Si/c1-10-15(18-16(17)11(2)3)19(12(4)5,13(6)7)14(8)9/h12-15H,2,10H2,1,3-9H3. The molecule has 0 aromatic carbocycles. The van der Waals surface area contributed by atoms with Crippen LogP contribution in [-0.4, -0.2) is 19.8 Å². The summed E-state index contributed by atoms with van der Waals surface area (Å²) < 4.78 is 5.83. The molecule has 2 nitrogen and oxygen atoms in total. The molecule has 1 unspecified atom stereocenters. The topological polar surface area (TPSA) is 26.3 Å². The van der Waals surface area contributed by atoms with Gasteiger partial charge in [0.2, 0.25) is 0 Å². The van der Waals surface area contributed by atoms with Gasteiger partial charge in [-0.15, -0.1) is 0 Å². The first-order valence-corrected chi connectivity index (χ1v) is 9.79. The molecule has 0 saturated heterocycles. The van der Waals surface area contributed by atoms with Crippen LogP contribution in [0.15, 0.2) is 12.2 Å². The van der Waals surface area contributed by atoms with Gasteiger partial charge in [-0.1, -0.05) is 55.0 Å². The quantitative estimate of drug-likeness (QED) is 0.369. The zero-order chi connectivity index (χ0) is 15.4. The fourth-order valence-corrected chi connectivity index (χ4v) is 11.1. The number of carbonyl (C=O) groups excluding carboxylic acids is 1. The Morgan fingerprint density at radius 3 is 1.63 bits per heavy atom. The van der Waals surface area contributed by atoms with E-state index in [0.29, 0.717) is 22.2 Å². The Morgan fingerprint density at radius 1 is 1.05 bits per heavy atom. The van der Waals surface area contributed by atoms with Crippen LogP contribution in [0.3, 0.4) is 0 Å². The van der Waals surface area contributed by atoms with E-state index in [-0.39, 0.29) is 11.7 Å². The zero-order valence-electron chi connectivity index (χ0n) is 14.0. The average molecular weight is 285 g/mol. The fraction of sp³-hybridized carbons (Fsp3) is 0.812. The molecule has 3 heteroatoms. The molecule has 0 saturated carbocycles. The molecular formula is C16H32O2Si. The molecule has 0 aliphatic rings. The van der Waals surface area contributed by atoms with E-state index in [1.165, 1.54) is 0 Å². The van der Waals surface area contributed by atoms with Crippen molar-refractivity contribution in [3.63, 3.8) is 0 Å². The molecule has 0 radical (unpaired) electrons. The monoisotopic (exact) mass is 284 g/mol. The highest BCUT2D eigenvalue weighted by atomic mass is 28.3. The molecule has 0 aromatic rings. The number of hydrogen-bond donors (Lipinski definition) is 0. The maximum absolute atomic E-state index is 11.9. The van der Waals surface area contributed by atoms with Crippen molar-refractivity contribution in [2.45, 2.75) is 84.2 Å². The first-order valence-electron chi connectivity index (χ1n) is 7.48. The minimum Gasteiger partial charge on any atom is -0.463 e. The lowest BCUT2D eigenvalue weighted by Gasteiger charge is -2.47. The van der Waals surface area contributed by atoms with Crippen molar-refractivity contribution in [2.75, 3.05) is 0 Å². The minimum absolute atomic E-state index is 0.0803. The average Bonchev–Trinajstić information content (AvgIpc) is 2.26. The Hall–Kier alpha value is -0.573. The van der Waals surface area contributed by atoms with Gasteiger partial charge in [0.15, 0.2) is 0 Å². The summed E-state index contributed by atoms with van der Waals surface area (Å²) in [6.45, 7) is 21.3. The van der Waals surface area contributed by atoms with Crippen LogP contribution in [0.4, 0.5) is 0 Å². The van der Waals surface area contributed by atoms with Gasteiger partial charge < -0.3 is 4.74 Å². The van der Waals surface area contributed by atoms with Crippen LogP contribution in [0.25, 0.3) is 0 Å². The molecule has 0 aliphatic carbocycles. The van der Waals surface area contributed by atoms with Crippen LogP contribution in [0.2, 0.25) is 16.6 Å². The van der Waals surface area contributed by atoms with Crippen molar-refractivity contribution < 1.29 is 9.53 Å². The van der Waals surface area contributed by atoms with Gasteiger partial charge in [0.1, 0.15) is 8.07 Å². The summed E-state index contributed by atoms with van der Waals surface area (Å²) in [6, 6.07) is 0. The van der Waals surface area contributed by atoms with Gasteiger partial charge in [-0.05, 0) is 30.0 Å². The molecule has 0 N–H and O–H groups in total. The Balaban J connectivity index is 5.54. The number of ether oxygens (including phenoxy) is 1. The van der Waals surface area contributed by atoms with Gasteiger partial charge in [0.25, 0.3) is 0 Å². The molecule has 0 bridgehead atoms. The van der Waals surface area contributed by atoms with Gasteiger partial charge in [-0.2, -0.15) is 0 Å². The van der Waals surface area contributed by atoms with E-state index in [4.69, 9.17) is 4.74 Å². The number of esters is 1. The fourth-order valence-electron chi connectivity index (χ4n) is 3.88. The van der Waals surface area contributed by atoms with Crippen molar-refractivity contribution in [1.29, 1.82) is 0 Å². The van der Waals surface area contributed by atoms with E-state index in [1.807, 2.05) is 0 Å². The Bertz CT molecular complexity index is 297. The van der Waals surface area contributed by atoms with Gasteiger partial charge >= 0.3 is 5.97 Å². The van der Waals surface area contributed by atoms with Crippen molar-refractivity contribution in [1.82, 2.24) is 0 Å². The predicted octanol–water partition coefficient (Wildman–Crippen LogP) is 5.10. The van der Waals surface area contributed by atoms with E-state index >= 15 is 0 Å². The molecule has 1 atom stereocenters. The normalized spacial score (nSPS) is 14.1. The molecule has 0 fully saturated rings. The molecular weight excluding hydrogens is 252 g/mol. The van der Waals surface area contributed by atoms with Crippen LogP contribution >= 0.6 is 0 Å². The highest BCUT2D eigenvalue weighted by Crippen LogP contribution is 2.45. The SMILES string of the molecule is C=C(C)C(=O)OC(CC)[Si](C(C)C)(C(C)C)C(C)C. The largest absolute Gasteiger partial charge is 0.463 e. The second-order valence-corrected chi connectivity index (χ2v) is 12.7. The van der Waals surface area contributed by atoms with Crippen LogP contribution in [0.1, 0.15) is 61.8 Å². The van der Waals surface area contributed by atoms with Gasteiger partial charge in [0.05, 0.1) is 5.73 Å². The number of hydrogen-bond acceptors (Lipinski definition) is 2. The number of carbonyl (C=O) groups is 1. The summed E-state index contributed by atoms with van der Waals surface area (Å²) in [5, 5.41) is 0. The summed E-state index contributed by atoms with van der Waals surface area (Å²) in [7, 11) is -1.75. The van der Waals surface area contributed by atoms with E-state index in [9.17, 15) is 4.79 Å². The van der Waals surface area contributed by atoms with Crippen LogP contribution in [0.5, 0.6) is 0 Å². The maximum Gasteiger partial charge on any atom is 0.333 e. The highest BCUT2D eigenvalue weighted by molar-refractivity contribution is 6.84. The molecule has 0 spiro atoms. The van der Waals surface area contributed by atoms with Crippen molar-refractivity contribution in [2.24, 2.45) is 0 Å². The van der Waals surface area contributed by atoms with Crippen LogP contribution in [0, 0.1) is 0 Å². The van der Waals surface area contributed by atoms with E-state index in [2.05, 4.69) is 55.0 Å². The highest BCUT2D eigenvalue weighted by Gasteiger charge is 2.50. The third-order valence-corrected chi connectivity index (χ3v) is 12.2. The van der Waals surface area contributed by atoms with Crippen molar-refractivity contribution in [3.05, 3.63) is 12.2 Å². The summed E-state index contributed by atoms with van der Waals surface area (Å²) in [5.41, 5.74) is 2.36. The number of rotatable bonds is 7.